The van der Waals surface area contributed by atoms with Gasteiger partial charge in [0.1, 0.15) is 12.4 Å². The van der Waals surface area contributed by atoms with Crippen molar-refractivity contribution in [3.05, 3.63) is 64.9 Å². The molecule has 1 fully saturated rings. The molecule has 9 heteroatoms. The highest BCUT2D eigenvalue weighted by Crippen LogP contribution is 2.24. The molecule has 3 aromatic rings. The van der Waals surface area contributed by atoms with Crippen LogP contribution in [0.1, 0.15) is 12.8 Å². The molecule has 0 spiro atoms. The number of rotatable bonds is 5. The minimum absolute atomic E-state index is 0.00246. The van der Waals surface area contributed by atoms with E-state index in [9.17, 15) is 18.8 Å². The third-order valence-electron chi connectivity index (χ3n) is 4.51. The van der Waals surface area contributed by atoms with Crippen molar-refractivity contribution in [1.29, 1.82) is 0 Å². The lowest BCUT2D eigenvalue weighted by molar-refractivity contribution is -0.117. The molecular formula is C20H17FN4O4. The van der Waals surface area contributed by atoms with Crippen molar-refractivity contribution in [3.63, 3.8) is 0 Å². The van der Waals surface area contributed by atoms with Gasteiger partial charge in [-0.25, -0.2) is 9.18 Å². The van der Waals surface area contributed by atoms with Crippen LogP contribution in [0, 0.1) is 5.82 Å². The summed E-state index contributed by atoms with van der Waals surface area (Å²) in [5.41, 5.74) is 1.63. The number of aromatic nitrogens is 2. The zero-order valence-corrected chi connectivity index (χ0v) is 15.3. The molecule has 0 radical (unpaired) electrons. The number of anilines is 2. The summed E-state index contributed by atoms with van der Waals surface area (Å²) >= 11 is 0. The molecule has 0 atom stereocenters. The van der Waals surface area contributed by atoms with E-state index in [1.807, 2.05) is 0 Å². The molecule has 1 aromatic heterocycles. The third kappa shape index (κ3) is 4.08. The van der Waals surface area contributed by atoms with E-state index in [1.54, 1.807) is 29.2 Å². The Bertz CT molecular complexity index is 1120. The van der Waals surface area contributed by atoms with Crippen LogP contribution in [0.25, 0.3) is 11.5 Å². The lowest BCUT2D eigenvalue weighted by atomic mass is 10.2. The second-order valence-electron chi connectivity index (χ2n) is 6.59. The predicted molar refractivity (Wildman–Crippen MR) is 103 cm³/mol. The zero-order valence-electron chi connectivity index (χ0n) is 15.3. The molecule has 4 rings (SSSR count). The second kappa shape index (κ2) is 7.70. The van der Waals surface area contributed by atoms with Gasteiger partial charge in [0.05, 0.1) is 0 Å². The molecule has 0 saturated carbocycles. The van der Waals surface area contributed by atoms with Gasteiger partial charge in [0, 0.05) is 29.9 Å². The number of halogens is 1. The van der Waals surface area contributed by atoms with Gasteiger partial charge in [0.2, 0.25) is 17.7 Å². The molecule has 1 aliphatic heterocycles. The quantitative estimate of drug-likeness (QED) is 0.714. The van der Waals surface area contributed by atoms with Crippen molar-refractivity contribution in [1.82, 2.24) is 9.78 Å². The number of hydrogen-bond acceptors (Lipinski definition) is 5. The molecule has 0 unspecified atom stereocenters. The van der Waals surface area contributed by atoms with E-state index in [-0.39, 0.29) is 18.3 Å². The van der Waals surface area contributed by atoms with Gasteiger partial charge in [-0.15, -0.1) is 5.10 Å². The number of carbonyl (C=O) groups is 2. The van der Waals surface area contributed by atoms with Crippen LogP contribution in [-0.2, 0) is 16.1 Å². The molecule has 0 bridgehead atoms. The summed E-state index contributed by atoms with van der Waals surface area (Å²) in [6.45, 7) is 0.299. The van der Waals surface area contributed by atoms with Crippen LogP contribution in [0.3, 0.4) is 0 Å². The van der Waals surface area contributed by atoms with Crippen LogP contribution in [-0.4, -0.2) is 28.1 Å². The second-order valence-corrected chi connectivity index (χ2v) is 6.59. The highest BCUT2D eigenvalue weighted by molar-refractivity contribution is 5.97. The molecule has 1 saturated heterocycles. The number of nitrogens with one attached hydrogen (secondary N) is 1. The molecule has 2 aromatic carbocycles. The normalized spacial score (nSPS) is 13.7. The number of carbonyl (C=O) groups excluding carboxylic acids is 2. The molecule has 8 nitrogen and oxygen atoms in total. The molecule has 29 heavy (non-hydrogen) atoms. The Hall–Kier alpha value is -3.75. The van der Waals surface area contributed by atoms with Gasteiger partial charge < -0.3 is 14.6 Å². The van der Waals surface area contributed by atoms with Crippen molar-refractivity contribution in [3.8, 4) is 11.5 Å². The first-order valence-electron chi connectivity index (χ1n) is 9.04. The fraction of sp³-hybridized carbons (Fsp3) is 0.200. The predicted octanol–water partition coefficient (Wildman–Crippen LogP) is 2.41. The van der Waals surface area contributed by atoms with Gasteiger partial charge >= 0.3 is 5.76 Å². The van der Waals surface area contributed by atoms with E-state index in [4.69, 9.17) is 4.42 Å². The molecule has 1 aliphatic rings. The van der Waals surface area contributed by atoms with Gasteiger partial charge in [0.15, 0.2) is 0 Å². The summed E-state index contributed by atoms with van der Waals surface area (Å²) in [5, 5.41) is 6.67. The highest BCUT2D eigenvalue weighted by atomic mass is 19.1. The Kier molecular flexibility index (Phi) is 4.94. The zero-order chi connectivity index (χ0) is 20.4. The average Bonchev–Trinajstić information content (AvgIpc) is 3.28. The van der Waals surface area contributed by atoms with E-state index in [1.165, 1.54) is 24.3 Å². The van der Waals surface area contributed by atoms with Crippen molar-refractivity contribution >= 4 is 23.2 Å². The van der Waals surface area contributed by atoms with Gasteiger partial charge in [-0.3, -0.25) is 9.59 Å². The fourth-order valence-corrected chi connectivity index (χ4v) is 3.12. The summed E-state index contributed by atoms with van der Waals surface area (Å²) in [5.74, 6) is -1.65. The van der Waals surface area contributed by atoms with Crippen molar-refractivity contribution in [2.24, 2.45) is 0 Å². The van der Waals surface area contributed by atoms with Crippen molar-refractivity contribution in [2.45, 2.75) is 19.4 Å². The minimum atomic E-state index is -0.795. The number of amides is 2. The number of benzene rings is 2. The molecule has 2 amide bonds. The maximum Gasteiger partial charge on any atom is 0.437 e. The molecule has 1 N–H and O–H groups in total. The Labute approximate surface area is 164 Å². The fourth-order valence-electron chi connectivity index (χ4n) is 3.12. The maximum absolute atomic E-state index is 13.0. The van der Waals surface area contributed by atoms with Gasteiger partial charge in [0.25, 0.3) is 0 Å². The third-order valence-corrected chi connectivity index (χ3v) is 4.51. The lowest BCUT2D eigenvalue weighted by Gasteiger charge is -2.16. The Morgan fingerprint density at radius 1 is 1.17 bits per heavy atom. The number of hydrogen-bond donors (Lipinski definition) is 1. The van der Waals surface area contributed by atoms with Crippen molar-refractivity contribution in [2.75, 3.05) is 16.8 Å². The topological polar surface area (TPSA) is 97.4 Å². The summed E-state index contributed by atoms with van der Waals surface area (Å²) in [4.78, 5) is 37.9. The summed E-state index contributed by atoms with van der Waals surface area (Å²) in [6.07, 6.45) is 1.32. The van der Waals surface area contributed by atoms with Gasteiger partial charge in [-0.05, 0) is 48.9 Å². The first kappa shape index (κ1) is 18.6. The monoisotopic (exact) mass is 396 g/mol. The molecular weight excluding hydrogens is 379 g/mol. The first-order chi connectivity index (χ1) is 14.0. The van der Waals surface area contributed by atoms with Crippen LogP contribution in [0.5, 0.6) is 0 Å². The highest BCUT2D eigenvalue weighted by Gasteiger charge is 2.22. The molecule has 0 aliphatic carbocycles. The van der Waals surface area contributed by atoms with Crippen LogP contribution < -0.4 is 16.0 Å². The summed E-state index contributed by atoms with van der Waals surface area (Å²) in [6, 6.07) is 12.2. The Morgan fingerprint density at radius 2 is 1.97 bits per heavy atom. The van der Waals surface area contributed by atoms with Crippen LogP contribution >= 0.6 is 0 Å². The first-order valence-corrected chi connectivity index (χ1v) is 9.04. The largest absolute Gasteiger partial charge is 0.437 e. The summed E-state index contributed by atoms with van der Waals surface area (Å²) in [7, 11) is 0. The minimum Gasteiger partial charge on any atom is -0.388 e. The van der Waals surface area contributed by atoms with E-state index in [0.717, 1.165) is 11.1 Å². The Morgan fingerprint density at radius 3 is 2.69 bits per heavy atom. The van der Waals surface area contributed by atoms with E-state index < -0.39 is 17.5 Å². The summed E-state index contributed by atoms with van der Waals surface area (Å²) < 4.78 is 19.0. The molecule has 2 heterocycles. The lowest BCUT2D eigenvalue weighted by Crippen LogP contribution is -2.26. The van der Waals surface area contributed by atoms with Crippen molar-refractivity contribution < 1.29 is 18.4 Å². The van der Waals surface area contributed by atoms with E-state index in [0.29, 0.717) is 29.9 Å². The van der Waals surface area contributed by atoms with Gasteiger partial charge in [-0.2, -0.15) is 4.68 Å². The van der Waals surface area contributed by atoms with Crippen LogP contribution in [0.2, 0.25) is 0 Å². The maximum atomic E-state index is 13.0. The van der Waals surface area contributed by atoms with E-state index in [2.05, 4.69) is 10.4 Å². The van der Waals surface area contributed by atoms with Gasteiger partial charge in [-0.1, -0.05) is 6.07 Å². The smallest absolute Gasteiger partial charge is 0.388 e. The Balaban J connectivity index is 1.46. The standard InChI is InChI=1S/C20H17FN4O4/c21-14-8-6-13(7-9-14)19-23-25(20(28)29-19)12-17(26)22-15-3-1-4-16(11-15)24-10-2-5-18(24)27/h1,3-4,6-9,11H,2,5,10,12H2,(H,22,26). The van der Waals surface area contributed by atoms with Crippen LogP contribution in [0.15, 0.2) is 57.7 Å². The van der Waals surface area contributed by atoms with Crippen LogP contribution in [0.4, 0.5) is 15.8 Å². The SMILES string of the molecule is O=C(Cn1nc(-c2ccc(F)cc2)oc1=O)Nc1cccc(N2CCCC2=O)c1. The molecule has 148 valence electrons. The van der Waals surface area contributed by atoms with E-state index >= 15 is 0 Å². The average molecular weight is 396 g/mol. The number of nitrogens with zero attached hydrogens (tertiary/aromatic N) is 3.